The molecule has 0 saturated carbocycles. The summed E-state index contributed by atoms with van der Waals surface area (Å²) in [6.07, 6.45) is -14.1. The largest absolute Gasteiger partial charge is 1.00 e. The van der Waals surface area contributed by atoms with Crippen molar-refractivity contribution in [1.82, 2.24) is 0 Å². The van der Waals surface area contributed by atoms with Crippen molar-refractivity contribution in [3.63, 3.8) is 0 Å². The van der Waals surface area contributed by atoms with E-state index < -0.39 is 74.3 Å². The van der Waals surface area contributed by atoms with Crippen molar-refractivity contribution in [1.29, 1.82) is 0 Å². The second-order valence-corrected chi connectivity index (χ2v) is 7.92. The molecule has 0 radical (unpaired) electrons. The van der Waals surface area contributed by atoms with Crippen LogP contribution in [-0.2, 0) is 10.1 Å². The Morgan fingerprint density at radius 2 is 1.00 bits per heavy atom. The minimum absolute atomic E-state index is 0. The van der Waals surface area contributed by atoms with Crippen LogP contribution >= 0.6 is 0 Å². The molecule has 1 aromatic carbocycles. The van der Waals surface area contributed by atoms with Crippen LogP contribution in [0.3, 0.4) is 0 Å². The van der Waals surface area contributed by atoms with Gasteiger partial charge in [0, 0.05) is 0 Å². The Balaban J connectivity index is 0.0000137. The maximum Gasteiger partial charge on any atom is 1.00 e. The van der Waals surface area contributed by atoms with Crippen LogP contribution in [-0.4, -0.2) is 54.9 Å². The van der Waals surface area contributed by atoms with Gasteiger partial charge in [0.05, 0.1) is 4.90 Å². The topological polar surface area (TPSA) is 66.4 Å². The third-order valence-electron chi connectivity index (χ3n) is 4.02. The van der Waals surface area contributed by atoms with Gasteiger partial charge >= 0.3 is 71.5 Å². The van der Waals surface area contributed by atoms with Gasteiger partial charge in [0.25, 0.3) is 0 Å². The normalized spacial score (nSPS) is 15.5. The third kappa shape index (κ3) is 5.97. The Hall–Kier alpha value is -1.52. The molecule has 1 rings (SSSR count). The molecule has 1 aromatic rings. The number of halogens is 17. The van der Waals surface area contributed by atoms with E-state index in [2.05, 4.69) is 4.74 Å². The molecule has 0 bridgehead atoms. The van der Waals surface area contributed by atoms with Crippen molar-refractivity contribution >= 4 is 10.1 Å². The van der Waals surface area contributed by atoms with Crippen LogP contribution in [0.4, 0.5) is 74.6 Å². The molecule has 0 amide bonds. The van der Waals surface area contributed by atoms with Gasteiger partial charge in [-0.2, -0.15) is 70.2 Å². The molecule has 0 aromatic heterocycles. The molecule has 214 valence electrons. The van der Waals surface area contributed by atoms with E-state index in [1.807, 2.05) is 0 Å². The van der Waals surface area contributed by atoms with Gasteiger partial charge in [0.15, 0.2) is 0 Å². The number of ether oxygens (including phenoxy) is 1. The van der Waals surface area contributed by atoms with Crippen molar-refractivity contribution in [2.24, 2.45) is 0 Å². The quantitative estimate of drug-likeness (QED) is 0.240. The van der Waals surface area contributed by atoms with Gasteiger partial charge in [-0.1, -0.05) is 0 Å². The Bertz CT molecular complexity index is 1140. The molecular weight excluding hydrogens is 622 g/mol. The van der Waals surface area contributed by atoms with Gasteiger partial charge < -0.3 is 9.29 Å². The van der Waals surface area contributed by atoms with Crippen LogP contribution in [0.2, 0.25) is 0 Å². The number of allylic oxidation sites excluding steroid dienone is 2. The molecule has 0 saturated heterocycles. The van der Waals surface area contributed by atoms with Crippen molar-refractivity contribution in [3.8, 4) is 5.75 Å². The maximum absolute atomic E-state index is 13.7. The van der Waals surface area contributed by atoms with Gasteiger partial charge in [-0.25, -0.2) is 12.8 Å². The molecular formula is C15H4F17NaO4S. The SMILES string of the molecule is O=S(=O)([O-])c1ccc(OC(F)(F)C(F)(F)C(F)(F)C(F)(F)C(F)(F)C(F)(F)/C(F)=C(\F)C(F)(F)F)cc1.[Na+]. The zero-order valence-corrected chi connectivity index (χ0v) is 20.1. The summed E-state index contributed by atoms with van der Waals surface area (Å²) >= 11 is 0. The third-order valence-corrected chi connectivity index (χ3v) is 4.87. The molecule has 0 unspecified atom stereocenters. The molecule has 0 N–H and O–H groups in total. The minimum Gasteiger partial charge on any atom is -0.744 e. The van der Waals surface area contributed by atoms with E-state index >= 15 is 0 Å². The van der Waals surface area contributed by atoms with Gasteiger partial charge in [-0.15, -0.1) is 0 Å². The van der Waals surface area contributed by atoms with Gasteiger partial charge in [0.2, 0.25) is 11.7 Å². The monoisotopic (exact) mass is 626 g/mol. The summed E-state index contributed by atoms with van der Waals surface area (Å²) < 4.78 is 259. The van der Waals surface area contributed by atoms with E-state index in [0.717, 1.165) is 0 Å². The van der Waals surface area contributed by atoms with E-state index in [-0.39, 0.29) is 53.8 Å². The van der Waals surface area contributed by atoms with Crippen LogP contribution in [0.15, 0.2) is 40.8 Å². The maximum atomic E-state index is 13.7. The standard InChI is InChI=1S/C15H5F17O4S.Na/c16-7(8(17)10(20,21)22)9(18,19)11(23,24)12(25,26)13(27,28)14(29,30)15(31,32)36-5-1-3-6(4-2-5)37(33,34)35;/h1-4H,(H,33,34,35);/q;+1/p-1/b8-7+;. The fraction of sp³-hybridized carbons (Fsp3) is 0.467. The first-order chi connectivity index (χ1) is 16.0. The van der Waals surface area contributed by atoms with E-state index in [4.69, 9.17) is 0 Å². The van der Waals surface area contributed by atoms with Gasteiger partial charge in [0.1, 0.15) is 15.9 Å². The van der Waals surface area contributed by atoms with E-state index in [1.165, 1.54) is 0 Å². The summed E-state index contributed by atoms with van der Waals surface area (Å²) in [7, 11) is -5.33. The Kier molecular flexibility index (Phi) is 10.0. The van der Waals surface area contributed by atoms with Gasteiger partial charge in [-0.05, 0) is 24.3 Å². The summed E-state index contributed by atoms with van der Waals surface area (Å²) in [5.41, 5.74) is 0. The molecule has 0 aliphatic carbocycles. The number of benzene rings is 1. The number of rotatable bonds is 9. The first-order valence-electron chi connectivity index (χ1n) is 8.15. The van der Waals surface area contributed by atoms with Crippen molar-refractivity contribution in [2.45, 2.75) is 46.8 Å². The average molecular weight is 626 g/mol. The fourth-order valence-electron chi connectivity index (χ4n) is 2.06. The van der Waals surface area contributed by atoms with Crippen LogP contribution in [0.1, 0.15) is 0 Å². The van der Waals surface area contributed by atoms with Crippen molar-refractivity contribution in [3.05, 3.63) is 35.9 Å². The summed E-state index contributed by atoms with van der Waals surface area (Å²) in [5.74, 6) is -53.3. The average Bonchev–Trinajstić information content (AvgIpc) is 2.70. The van der Waals surface area contributed by atoms with Gasteiger partial charge in [-0.3, -0.25) is 0 Å². The minimum atomic E-state index is -8.57. The predicted molar refractivity (Wildman–Crippen MR) is 80.0 cm³/mol. The van der Waals surface area contributed by atoms with Crippen molar-refractivity contribution in [2.75, 3.05) is 0 Å². The number of hydrogen-bond donors (Lipinski definition) is 0. The van der Waals surface area contributed by atoms with E-state index in [9.17, 15) is 87.6 Å². The van der Waals surface area contributed by atoms with Crippen molar-refractivity contribution < 1.29 is 122 Å². The molecule has 0 aliphatic rings. The Morgan fingerprint density at radius 1 is 0.632 bits per heavy atom. The van der Waals surface area contributed by atoms with Crippen LogP contribution in [0.25, 0.3) is 0 Å². The summed E-state index contributed by atoms with van der Waals surface area (Å²) in [6, 6.07) is -0.267. The molecule has 0 aliphatic heterocycles. The second kappa shape index (κ2) is 10.5. The number of alkyl halides is 15. The molecule has 0 fully saturated rings. The summed E-state index contributed by atoms with van der Waals surface area (Å²) in [5, 5.41) is 0. The molecule has 38 heavy (non-hydrogen) atoms. The Morgan fingerprint density at radius 3 is 1.34 bits per heavy atom. The summed E-state index contributed by atoms with van der Waals surface area (Å²) in [4.78, 5) is -1.28. The molecule has 4 nitrogen and oxygen atoms in total. The second-order valence-electron chi connectivity index (χ2n) is 6.54. The summed E-state index contributed by atoms with van der Waals surface area (Å²) in [6.45, 7) is 0. The molecule has 0 heterocycles. The molecule has 0 spiro atoms. The molecule has 23 heteroatoms. The number of hydrogen-bond acceptors (Lipinski definition) is 4. The Labute approximate surface area is 220 Å². The molecule has 0 atom stereocenters. The fourth-order valence-corrected chi connectivity index (χ4v) is 2.53. The first-order valence-corrected chi connectivity index (χ1v) is 9.55. The van der Waals surface area contributed by atoms with Crippen LogP contribution < -0.4 is 34.3 Å². The first kappa shape index (κ1) is 36.5. The van der Waals surface area contributed by atoms with E-state index in [1.54, 1.807) is 0 Å². The van der Waals surface area contributed by atoms with E-state index in [0.29, 0.717) is 0 Å². The van der Waals surface area contributed by atoms with Crippen LogP contribution in [0.5, 0.6) is 5.75 Å². The smallest absolute Gasteiger partial charge is 0.744 e. The predicted octanol–water partition coefficient (Wildman–Crippen LogP) is 3.46. The zero-order valence-electron chi connectivity index (χ0n) is 17.3. The van der Waals surface area contributed by atoms with Crippen LogP contribution in [0, 0.1) is 0 Å². The zero-order chi connectivity index (χ0) is 29.8.